The Morgan fingerprint density at radius 3 is 2.64 bits per heavy atom. The van der Waals surface area contributed by atoms with Crippen molar-refractivity contribution in [2.75, 3.05) is 13.1 Å². The second-order valence-electron chi connectivity index (χ2n) is 5.06. The summed E-state index contributed by atoms with van der Waals surface area (Å²) in [6.45, 7) is 8.78. The van der Waals surface area contributed by atoms with Gasteiger partial charge in [-0.15, -0.1) is 0 Å². The number of nitrogens with zero attached hydrogens (tertiary/aromatic N) is 1. The Morgan fingerprint density at radius 2 is 2.14 bits per heavy atom. The Kier molecular flexibility index (Phi) is 3.90. The lowest BCUT2D eigenvalue weighted by molar-refractivity contribution is 0.130. The number of thiocarbonyl (C=S) groups is 1. The maximum absolute atomic E-state index is 5.74. The van der Waals surface area contributed by atoms with E-state index in [-0.39, 0.29) is 5.41 Å². The van der Waals surface area contributed by atoms with Crippen molar-refractivity contribution in [2.45, 2.75) is 46.1 Å². The molecule has 0 aromatic rings. The molecule has 0 spiro atoms. The summed E-state index contributed by atoms with van der Waals surface area (Å²) in [4.78, 5) is 3.15. The van der Waals surface area contributed by atoms with Gasteiger partial charge in [-0.1, -0.05) is 32.5 Å². The number of nitrogens with two attached hydrogens (primary N) is 1. The molecule has 2 N–H and O–H groups in total. The van der Waals surface area contributed by atoms with E-state index in [9.17, 15) is 0 Å². The van der Waals surface area contributed by atoms with Gasteiger partial charge in [0.2, 0.25) is 0 Å². The summed E-state index contributed by atoms with van der Waals surface area (Å²) in [5.74, 6) is 0. The van der Waals surface area contributed by atoms with Crippen LogP contribution < -0.4 is 5.73 Å². The summed E-state index contributed by atoms with van der Waals surface area (Å²) in [5.41, 5.74) is 5.71. The zero-order valence-electron chi connectivity index (χ0n) is 9.55. The van der Waals surface area contributed by atoms with Crippen molar-refractivity contribution >= 4 is 17.2 Å². The van der Waals surface area contributed by atoms with Gasteiger partial charge >= 0.3 is 0 Å². The van der Waals surface area contributed by atoms with Crippen LogP contribution in [-0.4, -0.2) is 29.0 Å². The molecule has 0 aromatic heterocycles. The zero-order chi connectivity index (χ0) is 10.8. The Labute approximate surface area is 92.8 Å². The lowest BCUT2D eigenvalue weighted by atomic mass is 9.90. The molecular formula is C11H22N2S. The molecule has 0 aromatic carbocycles. The third-order valence-corrected chi connectivity index (χ3v) is 3.76. The van der Waals surface area contributed by atoms with Crippen LogP contribution in [0.15, 0.2) is 0 Å². The molecular weight excluding hydrogens is 192 g/mol. The Bertz CT molecular complexity index is 213. The third kappa shape index (κ3) is 2.92. The van der Waals surface area contributed by atoms with E-state index in [4.69, 9.17) is 18.0 Å². The van der Waals surface area contributed by atoms with E-state index in [1.807, 2.05) is 0 Å². The first-order valence-electron chi connectivity index (χ1n) is 5.47. The number of likely N-dealkylation sites (tertiary alicyclic amines) is 1. The molecule has 0 bridgehead atoms. The molecule has 82 valence electrons. The van der Waals surface area contributed by atoms with E-state index in [2.05, 4.69) is 25.7 Å². The van der Waals surface area contributed by atoms with Crippen LogP contribution in [0.5, 0.6) is 0 Å². The van der Waals surface area contributed by atoms with Gasteiger partial charge in [0.15, 0.2) is 0 Å². The highest BCUT2D eigenvalue weighted by Crippen LogP contribution is 2.23. The normalized spacial score (nSPS) is 24.9. The van der Waals surface area contributed by atoms with Gasteiger partial charge in [0.05, 0.1) is 4.99 Å². The van der Waals surface area contributed by atoms with Crippen molar-refractivity contribution in [3.05, 3.63) is 0 Å². The van der Waals surface area contributed by atoms with E-state index >= 15 is 0 Å². The summed E-state index contributed by atoms with van der Waals surface area (Å²) in [6.07, 6.45) is 4.00. The minimum Gasteiger partial charge on any atom is -0.393 e. The van der Waals surface area contributed by atoms with Gasteiger partial charge in [0.25, 0.3) is 0 Å². The fourth-order valence-electron chi connectivity index (χ4n) is 1.98. The number of hydrogen-bond donors (Lipinski definition) is 1. The maximum atomic E-state index is 5.74. The van der Waals surface area contributed by atoms with Gasteiger partial charge in [0.1, 0.15) is 0 Å². The first kappa shape index (κ1) is 11.9. The summed E-state index contributed by atoms with van der Waals surface area (Å²) < 4.78 is 0. The van der Waals surface area contributed by atoms with Crippen molar-refractivity contribution in [3.63, 3.8) is 0 Å². The quantitative estimate of drug-likeness (QED) is 0.730. The Hall–Kier alpha value is -0.150. The molecule has 2 nitrogen and oxygen atoms in total. The monoisotopic (exact) mass is 214 g/mol. The highest BCUT2D eigenvalue weighted by molar-refractivity contribution is 7.80. The van der Waals surface area contributed by atoms with Gasteiger partial charge in [-0.2, -0.15) is 0 Å². The molecule has 0 amide bonds. The van der Waals surface area contributed by atoms with Crippen molar-refractivity contribution in [1.29, 1.82) is 0 Å². The van der Waals surface area contributed by atoms with Crippen molar-refractivity contribution in [3.8, 4) is 0 Å². The van der Waals surface area contributed by atoms with E-state index in [1.165, 1.54) is 25.8 Å². The van der Waals surface area contributed by atoms with Crippen LogP contribution in [0, 0.1) is 5.41 Å². The average molecular weight is 214 g/mol. The molecule has 0 radical (unpaired) electrons. The predicted octanol–water partition coefficient (Wildman–Crippen LogP) is 2.17. The number of rotatable bonds is 3. The second-order valence-corrected chi connectivity index (χ2v) is 5.50. The lowest BCUT2D eigenvalue weighted by Crippen LogP contribution is -2.47. The van der Waals surface area contributed by atoms with E-state index < -0.39 is 0 Å². The minimum atomic E-state index is -0.0269. The summed E-state index contributed by atoms with van der Waals surface area (Å²) in [5, 5.41) is 0. The minimum absolute atomic E-state index is 0.0269. The summed E-state index contributed by atoms with van der Waals surface area (Å²) in [6, 6.07) is 0.692. The first-order valence-corrected chi connectivity index (χ1v) is 5.88. The fraction of sp³-hybridized carbons (Fsp3) is 0.909. The van der Waals surface area contributed by atoms with Crippen molar-refractivity contribution in [2.24, 2.45) is 11.1 Å². The number of piperidine rings is 1. The Morgan fingerprint density at radius 1 is 1.50 bits per heavy atom. The molecule has 1 atom stereocenters. The van der Waals surface area contributed by atoms with E-state index in [0.29, 0.717) is 11.0 Å². The van der Waals surface area contributed by atoms with E-state index in [1.54, 1.807) is 0 Å². The first-order chi connectivity index (χ1) is 6.43. The maximum Gasteiger partial charge on any atom is 0.0797 e. The summed E-state index contributed by atoms with van der Waals surface area (Å²) >= 11 is 5.09. The van der Waals surface area contributed by atoms with Gasteiger partial charge < -0.3 is 5.73 Å². The zero-order valence-corrected chi connectivity index (χ0v) is 10.4. The van der Waals surface area contributed by atoms with Crippen LogP contribution in [0.1, 0.15) is 40.0 Å². The molecule has 3 heteroatoms. The van der Waals surface area contributed by atoms with Crippen LogP contribution in [-0.2, 0) is 0 Å². The van der Waals surface area contributed by atoms with Crippen LogP contribution >= 0.6 is 12.2 Å². The largest absolute Gasteiger partial charge is 0.393 e. The van der Waals surface area contributed by atoms with Crippen molar-refractivity contribution in [1.82, 2.24) is 4.90 Å². The van der Waals surface area contributed by atoms with Gasteiger partial charge in [0, 0.05) is 18.0 Å². The van der Waals surface area contributed by atoms with Crippen LogP contribution in [0.4, 0.5) is 0 Å². The van der Waals surface area contributed by atoms with Gasteiger partial charge in [-0.3, -0.25) is 4.90 Å². The molecule has 1 heterocycles. The summed E-state index contributed by atoms with van der Waals surface area (Å²) in [7, 11) is 0. The van der Waals surface area contributed by atoms with Crippen LogP contribution in [0.3, 0.4) is 0 Å². The molecule has 0 saturated carbocycles. The molecule has 14 heavy (non-hydrogen) atoms. The fourth-order valence-corrected chi connectivity index (χ4v) is 2.04. The SMILES string of the molecule is CC1CCCCN1CC(C)(C)C(N)=S. The highest BCUT2D eigenvalue weighted by Gasteiger charge is 2.28. The smallest absolute Gasteiger partial charge is 0.0797 e. The standard InChI is InChI=1S/C11H22N2S/c1-9-6-4-5-7-13(9)8-11(2,3)10(12)14/h9H,4-8H2,1-3H3,(H2,12,14). The third-order valence-electron chi connectivity index (χ3n) is 3.21. The van der Waals surface area contributed by atoms with E-state index in [0.717, 1.165) is 6.54 Å². The molecule has 1 rings (SSSR count). The lowest BCUT2D eigenvalue weighted by Gasteiger charge is -2.38. The Balaban J connectivity index is 2.53. The van der Waals surface area contributed by atoms with Crippen LogP contribution in [0.25, 0.3) is 0 Å². The second kappa shape index (κ2) is 4.58. The number of hydrogen-bond acceptors (Lipinski definition) is 2. The molecule has 1 aliphatic heterocycles. The molecule has 1 saturated heterocycles. The predicted molar refractivity (Wildman–Crippen MR) is 65.5 cm³/mol. The average Bonchev–Trinajstić information content (AvgIpc) is 2.08. The topological polar surface area (TPSA) is 29.3 Å². The van der Waals surface area contributed by atoms with Crippen molar-refractivity contribution < 1.29 is 0 Å². The molecule has 0 aliphatic carbocycles. The van der Waals surface area contributed by atoms with Crippen LogP contribution in [0.2, 0.25) is 0 Å². The molecule has 1 fully saturated rings. The molecule has 1 aliphatic rings. The highest BCUT2D eigenvalue weighted by atomic mass is 32.1. The molecule has 1 unspecified atom stereocenters. The van der Waals surface area contributed by atoms with Gasteiger partial charge in [-0.25, -0.2) is 0 Å². The van der Waals surface area contributed by atoms with Gasteiger partial charge in [-0.05, 0) is 26.3 Å².